The molecule has 0 aromatic heterocycles. The molecule has 2 amide bonds. The van der Waals surface area contributed by atoms with Gasteiger partial charge in [-0.15, -0.1) is 0 Å². The second-order valence-electron chi connectivity index (χ2n) is 4.64. The summed E-state index contributed by atoms with van der Waals surface area (Å²) >= 11 is 0. The van der Waals surface area contributed by atoms with E-state index in [0.29, 0.717) is 6.54 Å². The summed E-state index contributed by atoms with van der Waals surface area (Å²) < 4.78 is 0. The standard InChI is InChI=1S/C14H21N3O/c18-14(15-8-11-17-9-4-5-10-17)16-12-13-6-2-1-3-7-13/h1-3,6-7H,4-5,8-12H2,(H2,15,16,18). The highest BCUT2D eigenvalue weighted by molar-refractivity contribution is 5.73. The van der Waals surface area contributed by atoms with Gasteiger partial charge in [0.1, 0.15) is 0 Å². The highest BCUT2D eigenvalue weighted by atomic mass is 16.2. The molecule has 0 bridgehead atoms. The van der Waals surface area contributed by atoms with Gasteiger partial charge in [0.2, 0.25) is 0 Å². The number of hydrogen-bond acceptors (Lipinski definition) is 2. The average molecular weight is 247 g/mol. The van der Waals surface area contributed by atoms with Crippen LogP contribution in [0.25, 0.3) is 0 Å². The van der Waals surface area contributed by atoms with Gasteiger partial charge in [-0.25, -0.2) is 4.79 Å². The monoisotopic (exact) mass is 247 g/mol. The van der Waals surface area contributed by atoms with Crippen LogP contribution in [-0.2, 0) is 6.54 Å². The van der Waals surface area contributed by atoms with E-state index in [9.17, 15) is 4.79 Å². The van der Waals surface area contributed by atoms with Crippen LogP contribution in [0.4, 0.5) is 4.79 Å². The molecule has 1 aliphatic rings. The molecular weight excluding hydrogens is 226 g/mol. The van der Waals surface area contributed by atoms with E-state index in [-0.39, 0.29) is 6.03 Å². The smallest absolute Gasteiger partial charge is 0.315 e. The molecule has 1 aliphatic heterocycles. The number of urea groups is 1. The Morgan fingerprint density at radius 1 is 1.11 bits per heavy atom. The third-order valence-corrected chi connectivity index (χ3v) is 3.21. The van der Waals surface area contributed by atoms with E-state index in [1.165, 1.54) is 25.9 Å². The van der Waals surface area contributed by atoms with Crippen LogP contribution in [-0.4, -0.2) is 37.1 Å². The van der Waals surface area contributed by atoms with Gasteiger partial charge < -0.3 is 15.5 Å². The molecule has 1 fully saturated rings. The molecule has 0 saturated carbocycles. The van der Waals surface area contributed by atoms with Gasteiger partial charge >= 0.3 is 6.03 Å². The van der Waals surface area contributed by atoms with Gasteiger partial charge in [-0.1, -0.05) is 30.3 Å². The summed E-state index contributed by atoms with van der Waals surface area (Å²) in [4.78, 5) is 13.9. The molecule has 1 aromatic rings. The summed E-state index contributed by atoms with van der Waals surface area (Å²) in [6.45, 7) is 4.61. The normalized spacial score (nSPS) is 15.6. The minimum absolute atomic E-state index is 0.0851. The lowest BCUT2D eigenvalue weighted by atomic mass is 10.2. The number of carbonyl (C=O) groups is 1. The van der Waals surface area contributed by atoms with E-state index in [4.69, 9.17) is 0 Å². The third-order valence-electron chi connectivity index (χ3n) is 3.21. The van der Waals surface area contributed by atoms with Crippen molar-refractivity contribution >= 4 is 6.03 Å². The minimum atomic E-state index is -0.0851. The van der Waals surface area contributed by atoms with E-state index in [2.05, 4.69) is 15.5 Å². The van der Waals surface area contributed by atoms with E-state index in [1.54, 1.807) is 0 Å². The highest BCUT2D eigenvalue weighted by Crippen LogP contribution is 2.05. The van der Waals surface area contributed by atoms with Crippen molar-refractivity contribution in [3.8, 4) is 0 Å². The maximum Gasteiger partial charge on any atom is 0.315 e. The molecule has 4 heteroatoms. The third kappa shape index (κ3) is 4.37. The first kappa shape index (κ1) is 12.9. The number of likely N-dealkylation sites (tertiary alicyclic amines) is 1. The maximum atomic E-state index is 11.5. The highest BCUT2D eigenvalue weighted by Gasteiger charge is 2.10. The van der Waals surface area contributed by atoms with Crippen LogP contribution in [0.5, 0.6) is 0 Å². The molecule has 2 rings (SSSR count). The summed E-state index contributed by atoms with van der Waals surface area (Å²) in [5.74, 6) is 0. The second kappa shape index (κ2) is 7.01. The van der Waals surface area contributed by atoms with Gasteiger partial charge in [-0.05, 0) is 31.5 Å². The van der Waals surface area contributed by atoms with Crippen LogP contribution in [0.15, 0.2) is 30.3 Å². The molecular formula is C14H21N3O. The number of hydrogen-bond donors (Lipinski definition) is 2. The lowest BCUT2D eigenvalue weighted by Crippen LogP contribution is -2.39. The van der Waals surface area contributed by atoms with Crippen molar-refractivity contribution in [2.75, 3.05) is 26.2 Å². The van der Waals surface area contributed by atoms with E-state index < -0.39 is 0 Å². The zero-order valence-corrected chi connectivity index (χ0v) is 10.7. The van der Waals surface area contributed by atoms with Crippen molar-refractivity contribution in [2.24, 2.45) is 0 Å². The molecule has 2 N–H and O–H groups in total. The van der Waals surface area contributed by atoms with Crippen LogP contribution in [0.1, 0.15) is 18.4 Å². The number of benzene rings is 1. The Labute approximate surface area is 108 Å². The molecule has 98 valence electrons. The Kier molecular flexibility index (Phi) is 5.02. The molecule has 0 spiro atoms. The molecule has 0 aliphatic carbocycles. The number of nitrogens with zero attached hydrogens (tertiary/aromatic N) is 1. The number of nitrogens with one attached hydrogen (secondary N) is 2. The van der Waals surface area contributed by atoms with Crippen molar-refractivity contribution in [2.45, 2.75) is 19.4 Å². The van der Waals surface area contributed by atoms with Crippen molar-refractivity contribution in [1.29, 1.82) is 0 Å². The van der Waals surface area contributed by atoms with Crippen molar-refractivity contribution in [3.63, 3.8) is 0 Å². The van der Waals surface area contributed by atoms with Crippen molar-refractivity contribution in [3.05, 3.63) is 35.9 Å². The Morgan fingerprint density at radius 2 is 1.83 bits per heavy atom. The van der Waals surface area contributed by atoms with Crippen LogP contribution in [0.3, 0.4) is 0 Å². The van der Waals surface area contributed by atoms with Crippen LogP contribution < -0.4 is 10.6 Å². The van der Waals surface area contributed by atoms with Crippen molar-refractivity contribution in [1.82, 2.24) is 15.5 Å². The van der Waals surface area contributed by atoms with Crippen LogP contribution >= 0.6 is 0 Å². The van der Waals surface area contributed by atoms with Crippen LogP contribution in [0, 0.1) is 0 Å². The fraction of sp³-hybridized carbons (Fsp3) is 0.500. The van der Waals surface area contributed by atoms with Gasteiger partial charge in [0.25, 0.3) is 0 Å². The SMILES string of the molecule is O=C(NCCN1CCCC1)NCc1ccccc1. The minimum Gasteiger partial charge on any atom is -0.337 e. The molecule has 18 heavy (non-hydrogen) atoms. The van der Waals surface area contributed by atoms with Gasteiger partial charge in [-0.2, -0.15) is 0 Å². The Balaban J connectivity index is 1.57. The molecule has 1 saturated heterocycles. The summed E-state index contributed by atoms with van der Waals surface area (Å²) in [6.07, 6.45) is 2.58. The summed E-state index contributed by atoms with van der Waals surface area (Å²) in [5, 5.41) is 5.74. The Hall–Kier alpha value is -1.55. The van der Waals surface area contributed by atoms with Crippen LogP contribution in [0.2, 0.25) is 0 Å². The lowest BCUT2D eigenvalue weighted by molar-refractivity contribution is 0.238. The molecule has 1 aromatic carbocycles. The average Bonchev–Trinajstić information content (AvgIpc) is 2.91. The van der Waals surface area contributed by atoms with Gasteiger partial charge in [0.15, 0.2) is 0 Å². The summed E-state index contributed by atoms with van der Waals surface area (Å²) in [5.41, 5.74) is 1.12. The predicted molar refractivity (Wildman–Crippen MR) is 72.4 cm³/mol. The Bertz CT molecular complexity index is 361. The first-order valence-electron chi connectivity index (χ1n) is 6.62. The van der Waals surface area contributed by atoms with Gasteiger partial charge in [0.05, 0.1) is 0 Å². The fourth-order valence-corrected chi connectivity index (χ4v) is 2.17. The first-order valence-corrected chi connectivity index (χ1v) is 6.62. The molecule has 0 atom stereocenters. The number of amides is 2. The maximum absolute atomic E-state index is 11.5. The zero-order valence-electron chi connectivity index (χ0n) is 10.7. The largest absolute Gasteiger partial charge is 0.337 e. The molecule has 0 radical (unpaired) electrons. The quantitative estimate of drug-likeness (QED) is 0.829. The van der Waals surface area contributed by atoms with Crippen molar-refractivity contribution < 1.29 is 4.79 Å². The van der Waals surface area contributed by atoms with Gasteiger partial charge in [0, 0.05) is 19.6 Å². The zero-order chi connectivity index (χ0) is 12.6. The second-order valence-corrected chi connectivity index (χ2v) is 4.64. The van der Waals surface area contributed by atoms with E-state index in [1.807, 2.05) is 30.3 Å². The number of rotatable bonds is 5. The van der Waals surface area contributed by atoms with E-state index in [0.717, 1.165) is 18.7 Å². The fourth-order valence-electron chi connectivity index (χ4n) is 2.17. The van der Waals surface area contributed by atoms with Gasteiger partial charge in [-0.3, -0.25) is 0 Å². The predicted octanol–water partition coefficient (Wildman–Crippen LogP) is 1.58. The van der Waals surface area contributed by atoms with E-state index >= 15 is 0 Å². The first-order chi connectivity index (χ1) is 8.84. The molecule has 0 unspecified atom stereocenters. The summed E-state index contributed by atoms with van der Waals surface area (Å²) in [6, 6.07) is 9.84. The molecule has 1 heterocycles. The summed E-state index contributed by atoms with van der Waals surface area (Å²) in [7, 11) is 0. The number of carbonyl (C=O) groups excluding carboxylic acids is 1. The molecule has 4 nitrogen and oxygen atoms in total. The lowest BCUT2D eigenvalue weighted by Gasteiger charge is -2.15. The Morgan fingerprint density at radius 3 is 2.56 bits per heavy atom. The topological polar surface area (TPSA) is 44.4 Å².